The van der Waals surface area contributed by atoms with E-state index in [-0.39, 0.29) is 11.9 Å². The molecule has 3 aromatic rings. The lowest BCUT2D eigenvalue weighted by Gasteiger charge is -2.30. The van der Waals surface area contributed by atoms with Crippen LogP contribution in [-0.4, -0.2) is 29.2 Å². The van der Waals surface area contributed by atoms with E-state index in [1.165, 1.54) is 0 Å². The highest BCUT2D eigenvalue weighted by Crippen LogP contribution is 2.36. The number of carbonyl (C=O) groups is 2. The summed E-state index contributed by atoms with van der Waals surface area (Å²) in [4.78, 5) is 32.2. The molecule has 0 aliphatic carbocycles. The molecule has 0 saturated heterocycles. The number of amides is 3. The topological polar surface area (TPSA) is 74.3 Å². The van der Waals surface area contributed by atoms with Crippen molar-refractivity contribution in [3.8, 4) is 0 Å². The van der Waals surface area contributed by atoms with Crippen LogP contribution in [0.3, 0.4) is 0 Å². The predicted octanol–water partition coefficient (Wildman–Crippen LogP) is 5.71. The third-order valence-electron chi connectivity index (χ3n) is 5.35. The van der Waals surface area contributed by atoms with Crippen molar-refractivity contribution in [1.29, 1.82) is 0 Å². The molecule has 0 unspecified atom stereocenters. The molecule has 2 N–H and O–H groups in total. The zero-order chi connectivity index (χ0) is 22.8. The number of hydrogen-bond donors (Lipinski definition) is 2. The Balaban J connectivity index is 1.51. The highest BCUT2D eigenvalue weighted by Gasteiger charge is 2.26. The molecule has 2 aromatic carbocycles. The van der Waals surface area contributed by atoms with Crippen molar-refractivity contribution in [2.75, 3.05) is 27.8 Å². The zero-order valence-electron chi connectivity index (χ0n) is 18.7. The van der Waals surface area contributed by atoms with Gasteiger partial charge in [-0.15, -0.1) is 11.8 Å². The number of hydrogen-bond acceptors (Lipinski definition) is 4. The lowest BCUT2D eigenvalue weighted by Crippen LogP contribution is -2.39. The van der Waals surface area contributed by atoms with E-state index in [0.717, 1.165) is 44.5 Å². The number of anilines is 3. The molecule has 0 saturated carbocycles. The van der Waals surface area contributed by atoms with Gasteiger partial charge in [0.2, 0.25) is 0 Å². The van der Waals surface area contributed by atoms with Gasteiger partial charge in [-0.05, 0) is 69.2 Å². The Morgan fingerprint density at radius 1 is 0.969 bits per heavy atom. The number of aromatic nitrogens is 1. The minimum Gasteiger partial charge on any atom is -0.322 e. The molecule has 0 atom stereocenters. The lowest BCUT2D eigenvalue weighted by molar-refractivity contribution is 0.102. The summed E-state index contributed by atoms with van der Waals surface area (Å²) in [6.45, 7) is 8.54. The van der Waals surface area contributed by atoms with Gasteiger partial charge in [0.25, 0.3) is 5.91 Å². The Morgan fingerprint density at radius 2 is 1.78 bits per heavy atom. The van der Waals surface area contributed by atoms with Crippen molar-refractivity contribution in [1.82, 2.24) is 4.98 Å². The molecular formula is C25H26N4O2S. The Morgan fingerprint density at radius 3 is 2.56 bits per heavy atom. The molecule has 6 nitrogen and oxygen atoms in total. The monoisotopic (exact) mass is 446 g/mol. The quantitative estimate of drug-likeness (QED) is 0.540. The molecule has 0 radical (unpaired) electrons. The van der Waals surface area contributed by atoms with Gasteiger partial charge in [0.15, 0.2) is 0 Å². The van der Waals surface area contributed by atoms with Crippen molar-refractivity contribution >= 4 is 40.8 Å². The second kappa shape index (κ2) is 9.04. The average molecular weight is 447 g/mol. The van der Waals surface area contributed by atoms with Crippen LogP contribution in [0.1, 0.15) is 32.7 Å². The van der Waals surface area contributed by atoms with E-state index in [2.05, 4.69) is 15.6 Å². The maximum atomic E-state index is 13.1. The van der Waals surface area contributed by atoms with Crippen LogP contribution in [-0.2, 0) is 0 Å². The van der Waals surface area contributed by atoms with E-state index in [4.69, 9.17) is 0 Å². The summed E-state index contributed by atoms with van der Waals surface area (Å²) in [5, 5.41) is 6.77. The molecule has 2 heterocycles. The third-order valence-corrected chi connectivity index (χ3v) is 6.30. The average Bonchev–Trinajstić information content (AvgIpc) is 2.75. The summed E-state index contributed by atoms with van der Waals surface area (Å²) >= 11 is 1.67. The molecule has 3 amide bonds. The van der Waals surface area contributed by atoms with Crippen LogP contribution in [0.5, 0.6) is 0 Å². The van der Waals surface area contributed by atoms with Gasteiger partial charge in [-0.2, -0.15) is 0 Å². The molecule has 1 aromatic heterocycles. The first-order valence-electron chi connectivity index (χ1n) is 10.5. The second-order valence-electron chi connectivity index (χ2n) is 8.02. The van der Waals surface area contributed by atoms with Crippen LogP contribution in [0.15, 0.2) is 53.6 Å². The molecule has 7 heteroatoms. The predicted molar refractivity (Wildman–Crippen MR) is 131 cm³/mol. The maximum Gasteiger partial charge on any atom is 0.326 e. The number of rotatable bonds is 3. The number of pyridine rings is 1. The maximum absolute atomic E-state index is 13.1. The van der Waals surface area contributed by atoms with Crippen LogP contribution >= 0.6 is 11.8 Å². The van der Waals surface area contributed by atoms with Crippen LogP contribution in [0.4, 0.5) is 21.9 Å². The number of nitrogens with zero attached hydrogens (tertiary/aromatic N) is 2. The standard InChI is InChI=1S/C25H26N4O2S/c1-15-8-9-21(16(2)12-15)28-23(30)19-6-5-7-20(14-19)27-25(31)29-10-11-32-24-22(29)17(3)13-18(4)26-24/h5-9,12-14H,10-11H2,1-4H3,(H,27,31)(H,28,30). The highest BCUT2D eigenvalue weighted by molar-refractivity contribution is 7.99. The first-order chi connectivity index (χ1) is 15.3. The Hall–Kier alpha value is -3.32. The SMILES string of the molecule is Cc1ccc(NC(=O)c2cccc(NC(=O)N3CCSc4nc(C)cc(C)c43)c2)c(C)c1. The van der Waals surface area contributed by atoms with Crippen LogP contribution in [0.2, 0.25) is 0 Å². The van der Waals surface area contributed by atoms with E-state index in [1.54, 1.807) is 40.9 Å². The summed E-state index contributed by atoms with van der Waals surface area (Å²) in [5.41, 5.74) is 6.79. The number of carbonyl (C=O) groups excluding carboxylic acids is 2. The number of aryl methyl sites for hydroxylation is 4. The Labute approximate surface area is 192 Å². The molecule has 0 spiro atoms. The first kappa shape index (κ1) is 21.9. The van der Waals surface area contributed by atoms with E-state index in [1.807, 2.05) is 52.0 Å². The molecule has 1 aliphatic heterocycles. The van der Waals surface area contributed by atoms with Gasteiger partial charge in [-0.1, -0.05) is 23.8 Å². The van der Waals surface area contributed by atoms with Crippen molar-refractivity contribution in [2.24, 2.45) is 0 Å². The summed E-state index contributed by atoms with van der Waals surface area (Å²) in [6, 6.07) is 14.6. The van der Waals surface area contributed by atoms with E-state index >= 15 is 0 Å². The summed E-state index contributed by atoms with van der Waals surface area (Å²) < 4.78 is 0. The number of nitrogens with one attached hydrogen (secondary N) is 2. The number of urea groups is 1. The summed E-state index contributed by atoms with van der Waals surface area (Å²) in [6.07, 6.45) is 0. The normalized spacial score (nSPS) is 12.8. The second-order valence-corrected chi connectivity index (χ2v) is 9.10. The molecule has 164 valence electrons. The van der Waals surface area contributed by atoms with Gasteiger partial charge >= 0.3 is 6.03 Å². The molecule has 0 bridgehead atoms. The van der Waals surface area contributed by atoms with Crippen molar-refractivity contribution < 1.29 is 9.59 Å². The Bertz CT molecular complexity index is 1210. The van der Waals surface area contributed by atoms with Crippen LogP contribution in [0.25, 0.3) is 0 Å². The van der Waals surface area contributed by atoms with Crippen molar-refractivity contribution in [3.05, 3.63) is 76.5 Å². The third kappa shape index (κ3) is 4.62. The van der Waals surface area contributed by atoms with Gasteiger partial charge in [-0.3, -0.25) is 9.69 Å². The van der Waals surface area contributed by atoms with Crippen LogP contribution in [0, 0.1) is 27.7 Å². The first-order valence-corrected chi connectivity index (χ1v) is 11.5. The molecule has 4 rings (SSSR count). The summed E-state index contributed by atoms with van der Waals surface area (Å²) in [7, 11) is 0. The number of fused-ring (bicyclic) bond motifs is 1. The van der Waals surface area contributed by atoms with E-state index < -0.39 is 0 Å². The number of thioether (sulfide) groups is 1. The van der Waals surface area contributed by atoms with Crippen molar-refractivity contribution in [3.63, 3.8) is 0 Å². The minimum absolute atomic E-state index is 0.219. The lowest BCUT2D eigenvalue weighted by atomic mass is 10.1. The minimum atomic E-state index is -0.229. The van der Waals surface area contributed by atoms with Gasteiger partial charge < -0.3 is 10.6 Å². The van der Waals surface area contributed by atoms with Gasteiger partial charge in [-0.25, -0.2) is 9.78 Å². The number of benzene rings is 2. The van der Waals surface area contributed by atoms with Crippen LogP contribution < -0.4 is 15.5 Å². The molecule has 0 fully saturated rings. The molecule has 32 heavy (non-hydrogen) atoms. The van der Waals surface area contributed by atoms with E-state index in [9.17, 15) is 9.59 Å². The fourth-order valence-electron chi connectivity index (χ4n) is 3.85. The highest BCUT2D eigenvalue weighted by atomic mass is 32.2. The van der Waals surface area contributed by atoms with Gasteiger partial charge in [0, 0.05) is 34.9 Å². The molecule has 1 aliphatic rings. The summed E-state index contributed by atoms with van der Waals surface area (Å²) in [5.74, 6) is 0.567. The van der Waals surface area contributed by atoms with E-state index in [0.29, 0.717) is 17.8 Å². The largest absolute Gasteiger partial charge is 0.326 e. The Kier molecular flexibility index (Phi) is 6.19. The fraction of sp³-hybridized carbons (Fsp3) is 0.240. The smallest absolute Gasteiger partial charge is 0.322 e. The van der Waals surface area contributed by atoms with Gasteiger partial charge in [0.05, 0.1) is 5.69 Å². The zero-order valence-corrected chi connectivity index (χ0v) is 19.5. The van der Waals surface area contributed by atoms with Gasteiger partial charge in [0.1, 0.15) is 5.03 Å². The van der Waals surface area contributed by atoms with Crippen molar-refractivity contribution in [2.45, 2.75) is 32.7 Å². The fourth-order valence-corrected chi connectivity index (χ4v) is 4.93. The molecular weight excluding hydrogens is 420 g/mol.